The number of rotatable bonds is 5. The zero-order valence-corrected chi connectivity index (χ0v) is 10.8. The molecule has 3 N–H and O–H groups in total. The molecule has 0 unspecified atom stereocenters. The van der Waals surface area contributed by atoms with Crippen LogP contribution in [0.15, 0.2) is 18.2 Å². The highest BCUT2D eigenvalue weighted by Crippen LogP contribution is 2.20. The molecular weight excluding hydrogens is 256 g/mol. The van der Waals surface area contributed by atoms with Gasteiger partial charge in [-0.3, -0.25) is 9.59 Å². The van der Waals surface area contributed by atoms with Crippen molar-refractivity contribution >= 4 is 29.2 Å². The molecular formula is C12H15ClN2O3. The fourth-order valence-electron chi connectivity index (χ4n) is 1.54. The van der Waals surface area contributed by atoms with Crippen molar-refractivity contribution in [2.75, 3.05) is 18.8 Å². The zero-order valence-electron chi connectivity index (χ0n) is 10.0. The van der Waals surface area contributed by atoms with Gasteiger partial charge in [-0.2, -0.15) is 0 Å². The van der Waals surface area contributed by atoms with Crippen LogP contribution in [0.4, 0.5) is 5.69 Å². The number of hydrogen-bond acceptors (Lipinski definition) is 3. The summed E-state index contributed by atoms with van der Waals surface area (Å²) >= 11 is 5.77. The molecule has 0 heterocycles. The SMILES string of the molecule is CCCN(CC(=O)O)C(=O)c1ccc(Cl)c(N)c1. The average molecular weight is 271 g/mol. The lowest BCUT2D eigenvalue weighted by Gasteiger charge is -2.20. The Balaban J connectivity index is 2.93. The van der Waals surface area contributed by atoms with Crippen molar-refractivity contribution in [2.45, 2.75) is 13.3 Å². The Morgan fingerprint density at radius 2 is 2.11 bits per heavy atom. The molecule has 1 rings (SSSR count). The summed E-state index contributed by atoms with van der Waals surface area (Å²) in [6.07, 6.45) is 0.683. The number of nitrogen functional groups attached to an aromatic ring is 1. The van der Waals surface area contributed by atoms with Gasteiger partial charge in [-0.05, 0) is 24.6 Å². The van der Waals surface area contributed by atoms with E-state index in [4.69, 9.17) is 22.4 Å². The van der Waals surface area contributed by atoms with Crippen molar-refractivity contribution in [3.63, 3.8) is 0 Å². The minimum Gasteiger partial charge on any atom is -0.480 e. The lowest BCUT2D eigenvalue weighted by atomic mass is 10.1. The number of carboxylic acids is 1. The van der Waals surface area contributed by atoms with Gasteiger partial charge in [0.25, 0.3) is 5.91 Å². The summed E-state index contributed by atoms with van der Waals surface area (Å²) in [4.78, 5) is 24.1. The summed E-state index contributed by atoms with van der Waals surface area (Å²) in [5.74, 6) is -1.40. The first-order chi connectivity index (χ1) is 8.45. The van der Waals surface area contributed by atoms with Gasteiger partial charge in [0.2, 0.25) is 0 Å². The van der Waals surface area contributed by atoms with Crippen molar-refractivity contribution < 1.29 is 14.7 Å². The maximum Gasteiger partial charge on any atom is 0.323 e. The molecule has 0 saturated heterocycles. The molecule has 1 aromatic rings. The average Bonchev–Trinajstić information content (AvgIpc) is 2.31. The van der Waals surface area contributed by atoms with Gasteiger partial charge in [0, 0.05) is 12.1 Å². The highest BCUT2D eigenvalue weighted by molar-refractivity contribution is 6.33. The van der Waals surface area contributed by atoms with E-state index in [9.17, 15) is 9.59 Å². The van der Waals surface area contributed by atoms with E-state index in [-0.39, 0.29) is 12.5 Å². The Kier molecular flexibility index (Phi) is 4.97. The summed E-state index contributed by atoms with van der Waals surface area (Å²) in [5.41, 5.74) is 6.25. The summed E-state index contributed by atoms with van der Waals surface area (Å²) in [6.45, 7) is 1.93. The number of aliphatic carboxylic acids is 1. The number of nitrogens with two attached hydrogens (primary N) is 1. The molecule has 0 aliphatic rings. The Bertz CT molecular complexity index is 463. The Morgan fingerprint density at radius 3 is 2.61 bits per heavy atom. The molecule has 0 atom stereocenters. The number of carbonyl (C=O) groups is 2. The topological polar surface area (TPSA) is 83.6 Å². The minimum atomic E-state index is -1.04. The van der Waals surface area contributed by atoms with Gasteiger partial charge in [0.15, 0.2) is 0 Å². The number of halogens is 1. The molecule has 0 spiro atoms. The molecule has 1 aromatic carbocycles. The summed E-state index contributed by atoms with van der Waals surface area (Å²) in [7, 11) is 0. The first-order valence-corrected chi connectivity index (χ1v) is 5.89. The Labute approximate surface area is 110 Å². The summed E-state index contributed by atoms with van der Waals surface area (Å²) < 4.78 is 0. The Hall–Kier alpha value is -1.75. The van der Waals surface area contributed by atoms with E-state index in [2.05, 4.69) is 0 Å². The van der Waals surface area contributed by atoms with Crippen LogP contribution in [0.1, 0.15) is 23.7 Å². The van der Waals surface area contributed by atoms with Crippen molar-refractivity contribution in [2.24, 2.45) is 0 Å². The van der Waals surface area contributed by atoms with Gasteiger partial charge in [-0.25, -0.2) is 0 Å². The smallest absolute Gasteiger partial charge is 0.323 e. The molecule has 0 aromatic heterocycles. The second-order valence-corrected chi connectivity index (χ2v) is 4.26. The Morgan fingerprint density at radius 1 is 1.44 bits per heavy atom. The predicted octanol–water partition coefficient (Wildman–Crippen LogP) is 1.86. The molecule has 0 aliphatic carbocycles. The number of anilines is 1. The lowest BCUT2D eigenvalue weighted by Crippen LogP contribution is -2.36. The lowest BCUT2D eigenvalue weighted by molar-refractivity contribution is -0.137. The van der Waals surface area contributed by atoms with Crippen LogP contribution in [0.2, 0.25) is 5.02 Å². The van der Waals surface area contributed by atoms with E-state index in [1.165, 1.54) is 23.1 Å². The highest BCUT2D eigenvalue weighted by atomic mass is 35.5. The van der Waals surface area contributed by atoms with Gasteiger partial charge < -0.3 is 15.7 Å². The van der Waals surface area contributed by atoms with E-state index in [1.807, 2.05) is 6.92 Å². The second kappa shape index (κ2) is 6.26. The number of nitrogens with zero attached hydrogens (tertiary/aromatic N) is 1. The van der Waals surface area contributed by atoms with E-state index in [1.54, 1.807) is 0 Å². The molecule has 5 nitrogen and oxygen atoms in total. The van der Waals surface area contributed by atoms with Crippen LogP contribution in [0.25, 0.3) is 0 Å². The molecule has 0 fully saturated rings. The van der Waals surface area contributed by atoms with Gasteiger partial charge in [0.05, 0.1) is 10.7 Å². The monoisotopic (exact) mass is 270 g/mol. The number of carboxylic acid groups (broad SMARTS) is 1. The quantitative estimate of drug-likeness (QED) is 0.800. The molecule has 0 bridgehead atoms. The van der Waals surface area contributed by atoms with Crippen LogP contribution in [0.3, 0.4) is 0 Å². The van der Waals surface area contributed by atoms with Crippen LogP contribution in [-0.2, 0) is 4.79 Å². The predicted molar refractivity (Wildman–Crippen MR) is 69.7 cm³/mol. The van der Waals surface area contributed by atoms with Crippen LogP contribution in [0, 0.1) is 0 Å². The van der Waals surface area contributed by atoms with Crippen molar-refractivity contribution in [3.8, 4) is 0 Å². The maximum atomic E-state index is 12.1. The molecule has 18 heavy (non-hydrogen) atoms. The third-order valence-electron chi connectivity index (χ3n) is 2.35. The van der Waals surface area contributed by atoms with Crippen LogP contribution < -0.4 is 5.73 Å². The normalized spacial score (nSPS) is 10.1. The van der Waals surface area contributed by atoms with Gasteiger partial charge >= 0.3 is 5.97 Å². The largest absolute Gasteiger partial charge is 0.480 e. The molecule has 0 aliphatic heterocycles. The first-order valence-electron chi connectivity index (χ1n) is 5.51. The molecule has 0 radical (unpaired) electrons. The van der Waals surface area contributed by atoms with Gasteiger partial charge in [0.1, 0.15) is 6.54 Å². The number of hydrogen-bond donors (Lipinski definition) is 2. The number of carbonyl (C=O) groups excluding carboxylic acids is 1. The van der Waals surface area contributed by atoms with E-state index in [0.29, 0.717) is 29.2 Å². The first kappa shape index (κ1) is 14.3. The maximum absolute atomic E-state index is 12.1. The minimum absolute atomic E-state index is 0.300. The van der Waals surface area contributed by atoms with Gasteiger partial charge in [-0.15, -0.1) is 0 Å². The van der Waals surface area contributed by atoms with E-state index >= 15 is 0 Å². The molecule has 98 valence electrons. The highest BCUT2D eigenvalue weighted by Gasteiger charge is 2.18. The summed E-state index contributed by atoms with van der Waals surface area (Å²) in [6, 6.07) is 4.51. The fraction of sp³-hybridized carbons (Fsp3) is 0.333. The van der Waals surface area contributed by atoms with Crippen LogP contribution in [0.5, 0.6) is 0 Å². The van der Waals surface area contributed by atoms with E-state index in [0.717, 1.165) is 0 Å². The van der Waals surface area contributed by atoms with E-state index < -0.39 is 5.97 Å². The van der Waals surface area contributed by atoms with Crippen molar-refractivity contribution in [3.05, 3.63) is 28.8 Å². The van der Waals surface area contributed by atoms with Gasteiger partial charge in [-0.1, -0.05) is 18.5 Å². The number of amides is 1. The standard InChI is InChI=1S/C12H15ClN2O3/c1-2-5-15(7-11(16)17)12(18)8-3-4-9(13)10(14)6-8/h3-4,6H,2,5,7,14H2,1H3,(H,16,17). The molecule has 0 saturated carbocycles. The third-order valence-corrected chi connectivity index (χ3v) is 2.69. The number of benzene rings is 1. The fourth-order valence-corrected chi connectivity index (χ4v) is 1.66. The third kappa shape index (κ3) is 3.63. The second-order valence-electron chi connectivity index (χ2n) is 3.86. The van der Waals surface area contributed by atoms with Crippen LogP contribution in [-0.4, -0.2) is 35.0 Å². The zero-order chi connectivity index (χ0) is 13.7. The van der Waals surface area contributed by atoms with Crippen molar-refractivity contribution in [1.82, 2.24) is 4.90 Å². The summed E-state index contributed by atoms with van der Waals surface area (Å²) in [5, 5.41) is 9.13. The molecule has 6 heteroatoms. The van der Waals surface area contributed by atoms with Crippen molar-refractivity contribution in [1.29, 1.82) is 0 Å². The van der Waals surface area contributed by atoms with Crippen LogP contribution >= 0.6 is 11.6 Å². The molecule has 1 amide bonds.